The maximum atomic E-state index is 13.2. The zero-order chi connectivity index (χ0) is 17.3. The molecule has 128 valence electrons. The molecular weight excluding hydrogens is 326 g/mol. The Morgan fingerprint density at radius 3 is 2.46 bits per heavy atom. The smallest absolute Gasteiger partial charge is 0.338 e. The van der Waals surface area contributed by atoms with E-state index in [0.717, 1.165) is 6.07 Å². The molecule has 1 aliphatic heterocycles. The minimum absolute atomic E-state index is 0.183. The normalized spacial score (nSPS) is 16.4. The monoisotopic (exact) mass is 341 g/mol. The first-order valence-corrected chi connectivity index (χ1v) is 7.52. The summed E-state index contributed by atoms with van der Waals surface area (Å²) in [4.78, 5) is 13.9. The Morgan fingerprint density at radius 2 is 1.88 bits per heavy atom. The number of carbonyl (C=O) groups excluding carboxylic acids is 1. The number of carbonyl (C=O) groups is 1. The van der Waals surface area contributed by atoms with Crippen LogP contribution in [0.4, 0.5) is 17.6 Å². The van der Waals surface area contributed by atoms with Crippen LogP contribution in [0.15, 0.2) is 36.5 Å². The van der Waals surface area contributed by atoms with E-state index in [4.69, 9.17) is 0 Å². The Hall–Kier alpha value is -2.38. The molecule has 24 heavy (non-hydrogen) atoms. The van der Waals surface area contributed by atoms with Crippen LogP contribution in [-0.4, -0.2) is 33.7 Å². The summed E-state index contributed by atoms with van der Waals surface area (Å²) in [5, 5.41) is 3.58. The van der Waals surface area contributed by atoms with E-state index in [1.807, 2.05) is 0 Å². The molecule has 1 fully saturated rings. The van der Waals surface area contributed by atoms with Gasteiger partial charge in [-0.05, 0) is 37.1 Å². The fourth-order valence-electron chi connectivity index (χ4n) is 2.83. The van der Waals surface area contributed by atoms with Crippen molar-refractivity contribution in [1.29, 1.82) is 0 Å². The van der Waals surface area contributed by atoms with Crippen LogP contribution in [0.5, 0.6) is 0 Å². The zero-order valence-corrected chi connectivity index (χ0v) is 12.6. The average molecular weight is 341 g/mol. The largest absolute Gasteiger partial charge is 0.435 e. The molecule has 1 amide bonds. The summed E-state index contributed by atoms with van der Waals surface area (Å²) in [5.74, 6) is -0.753. The number of hydrogen-bond acceptors (Lipinski definition) is 2. The maximum Gasteiger partial charge on any atom is 0.435 e. The number of rotatable bonds is 2. The van der Waals surface area contributed by atoms with E-state index in [-0.39, 0.29) is 17.5 Å². The highest BCUT2D eigenvalue weighted by molar-refractivity contribution is 5.94. The SMILES string of the molecule is O=C(c1cccc(F)c1)N1CCC(n2ccc(C(F)(F)F)n2)CC1. The minimum atomic E-state index is -4.46. The first-order chi connectivity index (χ1) is 11.3. The highest BCUT2D eigenvalue weighted by atomic mass is 19.4. The Kier molecular flexibility index (Phi) is 4.29. The number of halogens is 4. The molecule has 0 bridgehead atoms. The van der Waals surface area contributed by atoms with Gasteiger partial charge in [-0.3, -0.25) is 9.48 Å². The number of benzene rings is 1. The molecule has 2 aromatic rings. The van der Waals surface area contributed by atoms with Crippen LogP contribution in [0, 0.1) is 5.82 Å². The number of piperidine rings is 1. The van der Waals surface area contributed by atoms with Crippen molar-refractivity contribution in [3.63, 3.8) is 0 Å². The fraction of sp³-hybridized carbons (Fsp3) is 0.375. The van der Waals surface area contributed by atoms with Crippen LogP contribution in [0.2, 0.25) is 0 Å². The molecule has 3 rings (SSSR count). The molecule has 0 spiro atoms. The highest BCUT2D eigenvalue weighted by Gasteiger charge is 2.34. The predicted octanol–water partition coefficient (Wildman–Crippen LogP) is 3.52. The van der Waals surface area contributed by atoms with Gasteiger partial charge in [0.2, 0.25) is 0 Å². The van der Waals surface area contributed by atoms with Crippen molar-refractivity contribution in [3.8, 4) is 0 Å². The zero-order valence-electron chi connectivity index (χ0n) is 12.6. The summed E-state index contributed by atoms with van der Waals surface area (Å²) in [6.45, 7) is 0.780. The summed E-state index contributed by atoms with van der Waals surface area (Å²) in [7, 11) is 0. The third-order valence-electron chi connectivity index (χ3n) is 4.10. The molecule has 0 radical (unpaired) electrons. The lowest BCUT2D eigenvalue weighted by Crippen LogP contribution is -2.39. The molecule has 0 N–H and O–H groups in total. The third-order valence-corrected chi connectivity index (χ3v) is 4.10. The van der Waals surface area contributed by atoms with Gasteiger partial charge in [-0.15, -0.1) is 0 Å². The molecule has 0 unspecified atom stereocenters. The molecule has 0 atom stereocenters. The molecule has 1 aliphatic rings. The topological polar surface area (TPSA) is 38.1 Å². The van der Waals surface area contributed by atoms with Gasteiger partial charge < -0.3 is 4.90 Å². The number of amides is 1. The summed E-state index contributed by atoms with van der Waals surface area (Å²) >= 11 is 0. The van der Waals surface area contributed by atoms with E-state index in [9.17, 15) is 22.4 Å². The average Bonchev–Trinajstić information content (AvgIpc) is 3.04. The Balaban J connectivity index is 1.63. The maximum absolute atomic E-state index is 13.2. The van der Waals surface area contributed by atoms with Crippen LogP contribution >= 0.6 is 0 Å². The fourth-order valence-corrected chi connectivity index (χ4v) is 2.83. The lowest BCUT2D eigenvalue weighted by atomic mass is 10.0. The van der Waals surface area contributed by atoms with Gasteiger partial charge in [0.05, 0.1) is 6.04 Å². The summed E-state index contributed by atoms with van der Waals surface area (Å²) in [6, 6.07) is 6.22. The van der Waals surface area contributed by atoms with Gasteiger partial charge in [-0.1, -0.05) is 6.07 Å². The van der Waals surface area contributed by atoms with Crippen LogP contribution in [0.3, 0.4) is 0 Å². The lowest BCUT2D eigenvalue weighted by Gasteiger charge is -2.32. The van der Waals surface area contributed by atoms with Crippen LogP contribution in [0.25, 0.3) is 0 Å². The molecule has 0 aliphatic carbocycles. The predicted molar refractivity (Wildman–Crippen MR) is 77.8 cm³/mol. The van der Waals surface area contributed by atoms with Gasteiger partial charge in [-0.2, -0.15) is 18.3 Å². The van der Waals surface area contributed by atoms with E-state index in [1.54, 1.807) is 11.0 Å². The van der Waals surface area contributed by atoms with Crippen molar-refractivity contribution in [3.05, 3.63) is 53.6 Å². The number of likely N-dealkylation sites (tertiary alicyclic amines) is 1. The molecule has 0 saturated carbocycles. The summed E-state index contributed by atoms with van der Waals surface area (Å²) in [6.07, 6.45) is -2.14. The van der Waals surface area contributed by atoms with Gasteiger partial charge in [0.25, 0.3) is 5.91 Å². The third kappa shape index (κ3) is 3.42. The molecule has 1 aromatic carbocycles. The Labute approximate surface area is 135 Å². The van der Waals surface area contributed by atoms with Crippen LogP contribution < -0.4 is 0 Å². The number of alkyl halides is 3. The number of hydrogen-bond donors (Lipinski definition) is 0. The molecular formula is C16H15F4N3O. The van der Waals surface area contributed by atoms with Crippen LogP contribution in [0.1, 0.15) is 34.9 Å². The second-order valence-corrected chi connectivity index (χ2v) is 5.71. The van der Waals surface area contributed by atoms with E-state index in [0.29, 0.717) is 25.9 Å². The second-order valence-electron chi connectivity index (χ2n) is 5.71. The number of aromatic nitrogens is 2. The van der Waals surface area contributed by atoms with Crippen molar-refractivity contribution in [2.24, 2.45) is 0 Å². The first-order valence-electron chi connectivity index (χ1n) is 7.52. The minimum Gasteiger partial charge on any atom is -0.338 e. The van der Waals surface area contributed by atoms with Gasteiger partial charge in [0.15, 0.2) is 5.69 Å². The second kappa shape index (κ2) is 6.26. The van der Waals surface area contributed by atoms with Crippen LogP contribution in [-0.2, 0) is 6.18 Å². The van der Waals surface area contributed by atoms with Crippen molar-refractivity contribution >= 4 is 5.91 Å². The summed E-state index contributed by atoms with van der Waals surface area (Å²) < 4.78 is 52.3. The summed E-state index contributed by atoms with van der Waals surface area (Å²) in [5.41, 5.74) is -0.646. The van der Waals surface area contributed by atoms with E-state index < -0.39 is 17.7 Å². The van der Waals surface area contributed by atoms with Crippen molar-refractivity contribution < 1.29 is 22.4 Å². The molecule has 2 heterocycles. The van der Waals surface area contributed by atoms with E-state index in [1.165, 1.54) is 29.1 Å². The highest BCUT2D eigenvalue weighted by Crippen LogP contribution is 2.29. The quantitative estimate of drug-likeness (QED) is 0.784. The van der Waals surface area contributed by atoms with Crippen molar-refractivity contribution in [2.75, 3.05) is 13.1 Å². The van der Waals surface area contributed by atoms with Crippen molar-refractivity contribution in [1.82, 2.24) is 14.7 Å². The lowest BCUT2D eigenvalue weighted by molar-refractivity contribution is -0.141. The standard InChI is InChI=1S/C16H15F4N3O/c17-12-3-1-2-11(10-12)15(24)22-7-4-13(5-8-22)23-9-6-14(21-23)16(18,19)20/h1-3,6,9-10,13H,4-5,7-8H2. The Bertz CT molecular complexity index is 733. The van der Waals surface area contributed by atoms with E-state index >= 15 is 0 Å². The molecule has 1 saturated heterocycles. The first kappa shape index (κ1) is 16.5. The number of nitrogens with zero attached hydrogens (tertiary/aromatic N) is 3. The molecule has 1 aromatic heterocycles. The van der Waals surface area contributed by atoms with Gasteiger partial charge in [0, 0.05) is 24.8 Å². The van der Waals surface area contributed by atoms with E-state index in [2.05, 4.69) is 5.10 Å². The molecule has 4 nitrogen and oxygen atoms in total. The van der Waals surface area contributed by atoms with Gasteiger partial charge >= 0.3 is 6.18 Å². The molecule has 8 heteroatoms. The van der Waals surface area contributed by atoms with Crippen molar-refractivity contribution in [2.45, 2.75) is 25.1 Å². The van der Waals surface area contributed by atoms with Gasteiger partial charge in [0.1, 0.15) is 5.82 Å². The van der Waals surface area contributed by atoms with Gasteiger partial charge in [-0.25, -0.2) is 4.39 Å². The Morgan fingerprint density at radius 1 is 1.17 bits per heavy atom.